The van der Waals surface area contributed by atoms with Crippen molar-refractivity contribution >= 4 is 68.0 Å². The van der Waals surface area contributed by atoms with Crippen LogP contribution in [0.4, 0.5) is 0 Å². The molecule has 0 aliphatic carbocycles. The maximum absolute atomic E-state index is 9.00. The second-order valence-electron chi connectivity index (χ2n) is 0.519. The van der Waals surface area contributed by atoms with Crippen molar-refractivity contribution in [2.75, 3.05) is 0 Å². The van der Waals surface area contributed by atoms with E-state index in [0.29, 0.717) is 0 Å². The molecule has 0 amide bonds. The molecule has 2 nitrogen and oxygen atoms in total. The SMILES string of the molecule is CC(=O)O.Cl.Cl.Cl.Cl.Cl.[Er].[H-].[K+].[Sm]. The molecule has 0 saturated heterocycles. The largest absolute Gasteiger partial charge is 1.00 e. The zero-order valence-corrected chi connectivity index (χ0v) is 17.8. The van der Waals surface area contributed by atoms with Gasteiger partial charge in [0, 0.05) is 84.6 Å². The van der Waals surface area contributed by atoms with Crippen molar-refractivity contribution in [3.63, 3.8) is 0 Å². The fraction of sp³-hybridized carbons (Fsp3) is 0.500. The summed E-state index contributed by atoms with van der Waals surface area (Å²) in [5.41, 5.74) is 0. The van der Waals surface area contributed by atoms with Gasteiger partial charge in [0.2, 0.25) is 0 Å². The molecule has 0 saturated carbocycles. The van der Waals surface area contributed by atoms with Crippen LogP contribution in [0.5, 0.6) is 0 Å². The Morgan fingerprint density at radius 1 is 1.08 bits per heavy atom. The summed E-state index contributed by atoms with van der Waals surface area (Å²) in [5, 5.41) is 7.42. The Balaban J connectivity index is -0.00000000125. The fourth-order valence-corrected chi connectivity index (χ4v) is 0. The van der Waals surface area contributed by atoms with Crippen molar-refractivity contribution in [1.82, 2.24) is 0 Å². The van der Waals surface area contributed by atoms with E-state index in [-0.39, 0.29) is 193 Å². The van der Waals surface area contributed by atoms with Crippen LogP contribution in [0.1, 0.15) is 8.35 Å². The van der Waals surface area contributed by atoms with E-state index in [2.05, 4.69) is 0 Å². The minimum absolute atomic E-state index is 0. The molecule has 0 atom stereocenters. The maximum atomic E-state index is 9.00. The first-order valence-corrected chi connectivity index (χ1v) is 0.928. The van der Waals surface area contributed by atoms with Crippen molar-refractivity contribution in [2.45, 2.75) is 6.92 Å². The second-order valence-corrected chi connectivity index (χ2v) is 0.519. The predicted molar refractivity (Wildman–Crippen MR) is 50.7 cm³/mol. The van der Waals surface area contributed by atoms with E-state index in [0.717, 1.165) is 6.92 Å². The van der Waals surface area contributed by atoms with Gasteiger partial charge in [-0.15, -0.1) is 62.0 Å². The molecule has 0 bridgehead atoms. The molecule has 0 aromatic carbocycles. The van der Waals surface area contributed by atoms with Gasteiger partial charge in [-0.2, -0.15) is 0 Å². The molecule has 0 heterocycles. The average Bonchev–Trinajstić information content (AvgIpc) is 0.811. The van der Waals surface area contributed by atoms with Crippen LogP contribution in [-0.4, -0.2) is 11.1 Å². The van der Waals surface area contributed by atoms with Crippen LogP contribution in [0.15, 0.2) is 0 Å². The van der Waals surface area contributed by atoms with Gasteiger partial charge in [-0.05, 0) is 0 Å². The van der Waals surface area contributed by atoms with Gasteiger partial charge in [0.1, 0.15) is 0 Å². The number of rotatable bonds is 0. The van der Waals surface area contributed by atoms with Gasteiger partial charge in [-0.25, -0.2) is 0 Å². The van der Waals surface area contributed by atoms with Crippen LogP contribution < -0.4 is 51.4 Å². The van der Waals surface area contributed by atoms with Crippen LogP contribution >= 0.6 is 62.0 Å². The van der Waals surface area contributed by atoms with Crippen LogP contribution in [-0.2, 0) is 4.79 Å². The minimum atomic E-state index is -0.833. The van der Waals surface area contributed by atoms with Crippen LogP contribution in [0.25, 0.3) is 0 Å². The van der Waals surface area contributed by atoms with Gasteiger partial charge >= 0.3 is 51.4 Å². The molecule has 0 aliphatic rings. The zero-order valence-electron chi connectivity index (χ0n) is 7.09. The molecule has 84 valence electrons. The van der Waals surface area contributed by atoms with Gasteiger partial charge < -0.3 is 6.53 Å². The summed E-state index contributed by atoms with van der Waals surface area (Å²) >= 11 is 0. The molecule has 0 rings (SSSR count). The van der Waals surface area contributed by atoms with Crippen LogP contribution in [0, 0.1) is 77.7 Å². The van der Waals surface area contributed by atoms with E-state index >= 15 is 0 Å². The van der Waals surface area contributed by atoms with Gasteiger partial charge in [0.25, 0.3) is 5.97 Å². The third-order valence-electron chi connectivity index (χ3n) is 0. The van der Waals surface area contributed by atoms with E-state index < -0.39 is 5.97 Å². The van der Waals surface area contributed by atoms with E-state index in [9.17, 15) is 0 Å². The predicted octanol–water partition coefficient (Wildman–Crippen LogP) is -0.684. The molecular weight excluding hydrogens is 590 g/mol. The van der Waals surface area contributed by atoms with Crippen molar-refractivity contribution < 1.29 is 140 Å². The first-order valence-electron chi connectivity index (χ1n) is 0.928. The third-order valence-corrected chi connectivity index (χ3v) is 0. The number of hydrogen-bond donors (Lipinski definition) is 1. The molecule has 12 heavy (non-hydrogen) atoms. The minimum Gasteiger partial charge on any atom is -1.00 e. The zero-order chi connectivity index (χ0) is 3.58. The van der Waals surface area contributed by atoms with Crippen LogP contribution in [0.2, 0.25) is 0 Å². The Morgan fingerprint density at radius 2 is 1.08 bits per heavy atom. The molecule has 0 aromatic rings. The summed E-state index contributed by atoms with van der Waals surface area (Å²) in [6, 6.07) is 0. The molecule has 0 spiro atoms. The number of hydrogen-bond acceptors (Lipinski definition) is 1. The Labute approximate surface area is 210 Å². The first kappa shape index (κ1) is 67.4. The molecule has 1 N–H and O–H groups in total. The summed E-state index contributed by atoms with van der Waals surface area (Å²) in [6.45, 7) is 1.08. The van der Waals surface area contributed by atoms with Gasteiger partial charge in [0.05, 0.1) is 0 Å². The van der Waals surface area contributed by atoms with Crippen molar-refractivity contribution in [3.05, 3.63) is 0 Å². The summed E-state index contributed by atoms with van der Waals surface area (Å²) in [7, 11) is 0. The van der Waals surface area contributed by atoms with E-state index in [1.807, 2.05) is 0 Å². The molecule has 0 aliphatic heterocycles. The third kappa shape index (κ3) is 115. The molecule has 0 unspecified atom stereocenters. The summed E-state index contributed by atoms with van der Waals surface area (Å²) in [4.78, 5) is 9.00. The monoisotopic (exact) mass is 598 g/mol. The quantitative estimate of drug-likeness (QED) is 0.375. The first-order chi connectivity index (χ1) is 1.73. The van der Waals surface area contributed by atoms with Gasteiger partial charge in [0.15, 0.2) is 0 Å². The van der Waals surface area contributed by atoms with Crippen molar-refractivity contribution in [2.24, 2.45) is 0 Å². The topological polar surface area (TPSA) is 37.3 Å². The van der Waals surface area contributed by atoms with Gasteiger partial charge in [-0.3, -0.25) is 4.79 Å². The second kappa shape index (κ2) is 55.8. The van der Waals surface area contributed by atoms with E-state index in [1.165, 1.54) is 0 Å². The van der Waals surface area contributed by atoms with Crippen LogP contribution in [0.3, 0.4) is 0 Å². The molecule has 0 aromatic heterocycles. The number of carboxylic acid groups (broad SMARTS) is 1. The Morgan fingerprint density at radius 3 is 1.08 bits per heavy atom. The fourth-order valence-electron chi connectivity index (χ4n) is 0. The Kier molecular flexibility index (Phi) is 314. The van der Waals surface area contributed by atoms with E-state index in [4.69, 9.17) is 9.90 Å². The maximum Gasteiger partial charge on any atom is 1.00 e. The average molecular weight is 600 g/mol. The molecule has 0 radical (unpaired) electrons. The standard InChI is InChI=1S/C2H4O2.5ClH.Er.K.Sm.H/c1-2(3)4;;;;;;;;;/h1H3,(H,3,4);5*1H;;;;/q;;;;;;;+1;;-1. The normalized spacial score (nSPS) is 2.08. The molecule has 0 fully saturated rings. The van der Waals surface area contributed by atoms with Crippen molar-refractivity contribution in [3.8, 4) is 0 Å². The molecule has 10 heteroatoms. The number of aliphatic carboxylic acids is 1. The Bertz CT molecular complexity index is 55.5. The van der Waals surface area contributed by atoms with E-state index in [1.54, 1.807) is 0 Å². The number of halogens is 5. The number of carboxylic acids is 1. The smallest absolute Gasteiger partial charge is 1.00 e. The number of carbonyl (C=O) groups is 1. The van der Waals surface area contributed by atoms with Crippen molar-refractivity contribution in [1.29, 1.82) is 0 Å². The summed E-state index contributed by atoms with van der Waals surface area (Å²) < 4.78 is 0. The summed E-state index contributed by atoms with van der Waals surface area (Å²) in [5.74, 6) is -0.833. The Hall–Kier alpha value is 5.14. The summed E-state index contributed by atoms with van der Waals surface area (Å²) in [6.07, 6.45) is 0. The molecular formula is C2H10Cl5ErKO2Sm. The van der Waals surface area contributed by atoms with Gasteiger partial charge in [-0.1, -0.05) is 0 Å².